The van der Waals surface area contributed by atoms with Crippen LogP contribution in [0.15, 0.2) is 18.2 Å². The van der Waals surface area contributed by atoms with Gasteiger partial charge in [0.15, 0.2) is 0 Å². The van der Waals surface area contributed by atoms with Crippen molar-refractivity contribution in [1.29, 1.82) is 0 Å². The molecule has 0 bridgehead atoms. The number of nitrogens with one attached hydrogen (secondary N) is 1. The predicted octanol–water partition coefficient (Wildman–Crippen LogP) is 2.94. The van der Waals surface area contributed by atoms with Gasteiger partial charge < -0.3 is 20.1 Å². The molecule has 126 valence electrons. The van der Waals surface area contributed by atoms with Gasteiger partial charge in [-0.15, -0.1) is 0 Å². The highest BCUT2D eigenvalue weighted by atomic mass is 19.1. The molecular weight excluding hydrogens is 303 g/mol. The Morgan fingerprint density at radius 2 is 2.00 bits per heavy atom. The number of halogens is 1. The second kappa shape index (κ2) is 7.30. The Labute approximate surface area is 134 Å². The number of carboxylic acid groups (broad SMARTS) is 1. The lowest BCUT2D eigenvalue weighted by Crippen LogP contribution is -2.42. The van der Waals surface area contributed by atoms with E-state index in [1.807, 2.05) is 13.8 Å². The van der Waals surface area contributed by atoms with Crippen LogP contribution in [0.2, 0.25) is 0 Å². The zero-order valence-electron chi connectivity index (χ0n) is 13.2. The molecule has 1 saturated heterocycles. The average molecular weight is 324 g/mol. The predicted molar refractivity (Wildman–Crippen MR) is 83.1 cm³/mol. The molecule has 0 aromatic heterocycles. The van der Waals surface area contributed by atoms with Crippen LogP contribution in [0.25, 0.3) is 0 Å². The lowest BCUT2D eigenvalue weighted by molar-refractivity contribution is -0.143. The SMILES string of the molecule is CC(C)Oc1cc(F)ccc1NC(=O)N1CCC(C(=O)O)CC1. The van der Waals surface area contributed by atoms with Gasteiger partial charge in [0.25, 0.3) is 0 Å². The number of piperidine rings is 1. The molecule has 0 unspecified atom stereocenters. The molecular formula is C16H21FN2O4. The molecule has 1 fully saturated rings. The van der Waals surface area contributed by atoms with Crippen molar-refractivity contribution in [3.63, 3.8) is 0 Å². The second-order valence-corrected chi connectivity index (χ2v) is 5.84. The van der Waals surface area contributed by atoms with Crippen LogP contribution in [0.1, 0.15) is 26.7 Å². The van der Waals surface area contributed by atoms with E-state index in [1.165, 1.54) is 18.2 Å². The van der Waals surface area contributed by atoms with Crippen molar-refractivity contribution >= 4 is 17.7 Å². The minimum atomic E-state index is -0.823. The molecule has 2 N–H and O–H groups in total. The molecule has 1 aromatic rings. The molecule has 0 radical (unpaired) electrons. The molecule has 7 heteroatoms. The van der Waals surface area contributed by atoms with Gasteiger partial charge in [-0.05, 0) is 38.8 Å². The van der Waals surface area contributed by atoms with Crippen LogP contribution in [0.4, 0.5) is 14.9 Å². The quantitative estimate of drug-likeness (QED) is 0.892. The summed E-state index contributed by atoms with van der Waals surface area (Å²) in [6, 6.07) is 3.59. The topological polar surface area (TPSA) is 78.9 Å². The smallest absolute Gasteiger partial charge is 0.321 e. The number of amides is 2. The average Bonchev–Trinajstić information content (AvgIpc) is 2.49. The Morgan fingerprint density at radius 1 is 1.35 bits per heavy atom. The second-order valence-electron chi connectivity index (χ2n) is 5.84. The molecule has 6 nitrogen and oxygen atoms in total. The molecule has 0 spiro atoms. The fourth-order valence-electron chi connectivity index (χ4n) is 2.47. The normalized spacial score (nSPS) is 15.6. The number of carbonyl (C=O) groups is 2. The van der Waals surface area contributed by atoms with E-state index >= 15 is 0 Å². The van der Waals surface area contributed by atoms with E-state index in [-0.39, 0.29) is 17.9 Å². The fourth-order valence-corrected chi connectivity index (χ4v) is 2.47. The number of carboxylic acids is 1. The van der Waals surface area contributed by atoms with Crippen molar-refractivity contribution in [2.24, 2.45) is 5.92 Å². The van der Waals surface area contributed by atoms with Crippen LogP contribution in [0, 0.1) is 11.7 Å². The molecule has 0 saturated carbocycles. The molecule has 0 aliphatic carbocycles. The lowest BCUT2D eigenvalue weighted by atomic mass is 9.97. The summed E-state index contributed by atoms with van der Waals surface area (Å²) >= 11 is 0. The highest BCUT2D eigenvalue weighted by molar-refractivity contribution is 5.91. The highest BCUT2D eigenvalue weighted by Crippen LogP contribution is 2.27. The van der Waals surface area contributed by atoms with Crippen LogP contribution in [-0.4, -0.2) is 41.2 Å². The Hall–Kier alpha value is -2.31. The summed E-state index contributed by atoms with van der Waals surface area (Å²) in [5, 5.41) is 11.7. The molecule has 1 aliphatic heterocycles. The Morgan fingerprint density at radius 3 is 2.57 bits per heavy atom. The number of nitrogens with zero attached hydrogens (tertiary/aromatic N) is 1. The van der Waals surface area contributed by atoms with Crippen molar-refractivity contribution in [2.75, 3.05) is 18.4 Å². The van der Waals surface area contributed by atoms with Gasteiger partial charge in [-0.2, -0.15) is 0 Å². The van der Waals surface area contributed by atoms with Gasteiger partial charge in [0.2, 0.25) is 0 Å². The first-order valence-electron chi connectivity index (χ1n) is 7.61. The number of hydrogen-bond acceptors (Lipinski definition) is 3. The molecule has 1 heterocycles. The van der Waals surface area contributed by atoms with Crippen LogP contribution in [0.5, 0.6) is 5.75 Å². The van der Waals surface area contributed by atoms with E-state index < -0.39 is 17.7 Å². The fraction of sp³-hybridized carbons (Fsp3) is 0.500. The molecule has 0 atom stereocenters. The summed E-state index contributed by atoms with van der Waals surface area (Å²) in [6.07, 6.45) is 0.710. The zero-order valence-corrected chi connectivity index (χ0v) is 13.2. The molecule has 23 heavy (non-hydrogen) atoms. The van der Waals surface area contributed by atoms with Gasteiger partial charge >= 0.3 is 12.0 Å². The molecule has 1 aliphatic rings. The van der Waals surface area contributed by atoms with E-state index in [2.05, 4.69) is 5.32 Å². The molecule has 2 rings (SSSR count). The number of anilines is 1. The maximum atomic E-state index is 13.3. The highest BCUT2D eigenvalue weighted by Gasteiger charge is 2.27. The monoisotopic (exact) mass is 324 g/mol. The summed E-state index contributed by atoms with van der Waals surface area (Å²) < 4.78 is 18.9. The minimum Gasteiger partial charge on any atom is -0.489 e. The maximum absolute atomic E-state index is 13.3. The van der Waals surface area contributed by atoms with Gasteiger partial charge in [-0.3, -0.25) is 4.79 Å². The Bertz CT molecular complexity index is 583. The first-order valence-corrected chi connectivity index (χ1v) is 7.61. The van der Waals surface area contributed by atoms with Crippen molar-refractivity contribution in [3.8, 4) is 5.75 Å². The maximum Gasteiger partial charge on any atom is 0.321 e. The molecule has 2 amide bonds. The first kappa shape index (κ1) is 17.1. The molecule has 1 aromatic carbocycles. The third-order valence-corrected chi connectivity index (χ3v) is 3.68. The number of rotatable bonds is 4. The van der Waals surface area contributed by atoms with Gasteiger partial charge in [0.05, 0.1) is 17.7 Å². The van der Waals surface area contributed by atoms with E-state index in [0.717, 1.165) is 0 Å². The third kappa shape index (κ3) is 4.58. The van der Waals surface area contributed by atoms with Crippen LogP contribution < -0.4 is 10.1 Å². The van der Waals surface area contributed by atoms with Crippen LogP contribution >= 0.6 is 0 Å². The number of carbonyl (C=O) groups excluding carboxylic acids is 1. The van der Waals surface area contributed by atoms with E-state index in [9.17, 15) is 14.0 Å². The number of urea groups is 1. The Balaban J connectivity index is 2.02. The number of likely N-dealkylation sites (tertiary alicyclic amines) is 1. The number of hydrogen-bond donors (Lipinski definition) is 2. The standard InChI is InChI=1S/C16H21FN2O4/c1-10(2)23-14-9-12(17)3-4-13(14)18-16(22)19-7-5-11(6-8-19)15(20)21/h3-4,9-11H,5-8H2,1-2H3,(H,18,22)(H,20,21). The van der Waals surface area contributed by atoms with Crippen molar-refractivity contribution in [2.45, 2.75) is 32.8 Å². The largest absolute Gasteiger partial charge is 0.489 e. The summed E-state index contributed by atoms with van der Waals surface area (Å²) in [4.78, 5) is 24.8. The van der Waals surface area contributed by atoms with Crippen molar-refractivity contribution in [1.82, 2.24) is 4.90 Å². The van der Waals surface area contributed by atoms with Gasteiger partial charge in [-0.1, -0.05) is 0 Å². The number of ether oxygens (including phenoxy) is 1. The summed E-state index contributed by atoms with van der Waals surface area (Å²) in [5.74, 6) is -1.39. The summed E-state index contributed by atoms with van der Waals surface area (Å²) in [5.41, 5.74) is 0.394. The Kier molecular flexibility index (Phi) is 5.41. The van der Waals surface area contributed by atoms with Crippen molar-refractivity contribution < 1.29 is 23.8 Å². The summed E-state index contributed by atoms with van der Waals surface area (Å²) in [7, 11) is 0. The van der Waals surface area contributed by atoms with E-state index in [0.29, 0.717) is 31.6 Å². The van der Waals surface area contributed by atoms with Crippen LogP contribution in [-0.2, 0) is 4.79 Å². The number of benzene rings is 1. The lowest BCUT2D eigenvalue weighted by Gasteiger charge is -2.30. The van der Waals surface area contributed by atoms with Crippen LogP contribution in [0.3, 0.4) is 0 Å². The van der Waals surface area contributed by atoms with Gasteiger partial charge in [0.1, 0.15) is 11.6 Å². The zero-order chi connectivity index (χ0) is 17.0. The third-order valence-electron chi connectivity index (χ3n) is 3.68. The van der Waals surface area contributed by atoms with E-state index in [1.54, 1.807) is 4.90 Å². The van der Waals surface area contributed by atoms with Gasteiger partial charge in [0, 0.05) is 19.2 Å². The van der Waals surface area contributed by atoms with Gasteiger partial charge in [-0.25, -0.2) is 9.18 Å². The first-order chi connectivity index (χ1) is 10.9. The minimum absolute atomic E-state index is 0.154. The van der Waals surface area contributed by atoms with Crippen molar-refractivity contribution in [3.05, 3.63) is 24.0 Å². The van der Waals surface area contributed by atoms with E-state index in [4.69, 9.17) is 9.84 Å². The summed E-state index contributed by atoms with van der Waals surface area (Å²) in [6.45, 7) is 4.38. The number of aliphatic carboxylic acids is 1.